The monoisotopic (exact) mass is 301 g/mol. The minimum Gasteiger partial charge on any atom is -0.440 e. The molecule has 20 heavy (non-hydrogen) atoms. The van der Waals surface area contributed by atoms with E-state index in [1.165, 1.54) is 23.5 Å². The zero-order valence-electron chi connectivity index (χ0n) is 11.6. The van der Waals surface area contributed by atoms with E-state index in [-0.39, 0.29) is 23.4 Å². The van der Waals surface area contributed by atoms with E-state index < -0.39 is 10.0 Å². The SMILES string of the molecule is COCCN(C(C)C1CC1)S(=O)(=O)c1ccc(C=O)o1. The standard InChI is InChI=1S/C13H19NO5S/c1-10(11-3-4-11)14(7-8-18-2)20(16,17)13-6-5-12(9-15)19-13/h5-6,9-11H,3-4,7-8H2,1-2H3. The Hall–Kier alpha value is -1.18. The number of hydrogen-bond donors (Lipinski definition) is 0. The van der Waals surface area contributed by atoms with Gasteiger partial charge in [-0.05, 0) is 37.8 Å². The molecule has 1 aliphatic carbocycles. The smallest absolute Gasteiger partial charge is 0.276 e. The summed E-state index contributed by atoms with van der Waals surface area (Å²) < 4.78 is 36.7. The van der Waals surface area contributed by atoms with Crippen molar-refractivity contribution in [3.05, 3.63) is 17.9 Å². The van der Waals surface area contributed by atoms with Gasteiger partial charge in [0.15, 0.2) is 12.0 Å². The normalized spacial score (nSPS) is 17.4. The Morgan fingerprint density at radius 1 is 1.50 bits per heavy atom. The Balaban J connectivity index is 2.26. The van der Waals surface area contributed by atoms with Crippen LogP contribution in [-0.4, -0.2) is 45.3 Å². The zero-order chi connectivity index (χ0) is 14.8. The Bertz CT molecular complexity index is 561. The summed E-state index contributed by atoms with van der Waals surface area (Å²) in [5.74, 6) is 0.400. The van der Waals surface area contributed by atoms with E-state index in [0.29, 0.717) is 18.8 Å². The van der Waals surface area contributed by atoms with Gasteiger partial charge in [0.05, 0.1) is 6.61 Å². The molecule has 7 heteroatoms. The van der Waals surface area contributed by atoms with Crippen molar-refractivity contribution in [3.8, 4) is 0 Å². The lowest BCUT2D eigenvalue weighted by Crippen LogP contribution is -2.41. The van der Waals surface area contributed by atoms with E-state index in [9.17, 15) is 13.2 Å². The number of methoxy groups -OCH3 is 1. The molecule has 1 atom stereocenters. The van der Waals surface area contributed by atoms with Crippen LogP contribution >= 0.6 is 0 Å². The molecular weight excluding hydrogens is 282 g/mol. The van der Waals surface area contributed by atoms with Gasteiger partial charge in [-0.15, -0.1) is 0 Å². The molecule has 0 N–H and O–H groups in total. The predicted octanol–water partition coefficient (Wildman–Crippen LogP) is 1.53. The van der Waals surface area contributed by atoms with Crippen LogP contribution in [0.4, 0.5) is 0 Å². The Kier molecular flexibility index (Phi) is 4.62. The zero-order valence-corrected chi connectivity index (χ0v) is 12.4. The third kappa shape index (κ3) is 3.11. The van der Waals surface area contributed by atoms with Gasteiger partial charge in [-0.3, -0.25) is 4.79 Å². The highest BCUT2D eigenvalue weighted by atomic mass is 32.2. The van der Waals surface area contributed by atoms with Crippen LogP contribution in [0.5, 0.6) is 0 Å². The van der Waals surface area contributed by atoms with Crippen molar-refractivity contribution in [2.75, 3.05) is 20.3 Å². The second-order valence-corrected chi connectivity index (χ2v) is 6.78. The number of aldehydes is 1. The molecular formula is C13H19NO5S. The summed E-state index contributed by atoms with van der Waals surface area (Å²) in [6.07, 6.45) is 2.57. The molecule has 0 spiro atoms. The molecule has 1 saturated carbocycles. The molecule has 112 valence electrons. The lowest BCUT2D eigenvalue weighted by Gasteiger charge is -2.27. The molecule has 0 radical (unpaired) electrons. The predicted molar refractivity (Wildman–Crippen MR) is 72.0 cm³/mol. The molecule has 0 bridgehead atoms. The summed E-state index contributed by atoms with van der Waals surface area (Å²) in [7, 11) is -2.21. The Morgan fingerprint density at radius 2 is 2.20 bits per heavy atom. The van der Waals surface area contributed by atoms with Crippen LogP contribution < -0.4 is 0 Å². The van der Waals surface area contributed by atoms with Crippen molar-refractivity contribution >= 4 is 16.3 Å². The maximum absolute atomic E-state index is 12.6. The molecule has 6 nitrogen and oxygen atoms in total. The van der Waals surface area contributed by atoms with E-state index in [1.807, 2.05) is 6.92 Å². The molecule has 0 aromatic carbocycles. The molecule has 1 unspecified atom stereocenters. The van der Waals surface area contributed by atoms with Crippen LogP contribution in [0.25, 0.3) is 0 Å². The van der Waals surface area contributed by atoms with Gasteiger partial charge in [-0.2, -0.15) is 4.31 Å². The van der Waals surface area contributed by atoms with Crippen LogP contribution in [0.1, 0.15) is 30.3 Å². The summed E-state index contributed by atoms with van der Waals surface area (Å²) in [6.45, 7) is 2.49. The van der Waals surface area contributed by atoms with Crippen LogP contribution in [0, 0.1) is 5.92 Å². The topological polar surface area (TPSA) is 76.8 Å². The van der Waals surface area contributed by atoms with Gasteiger partial charge in [-0.1, -0.05) is 0 Å². The number of hydrogen-bond acceptors (Lipinski definition) is 5. The fourth-order valence-electron chi connectivity index (χ4n) is 2.19. The van der Waals surface area contributed by atoms with E-state index >= 15 is 0 Å². The molecule has 2 rings (SSSR count). The number of carbonyl (C=O) groups excluding carboxylic acids is 1. The highest BCUT2D eigenvalue weighted by Crippen LogP contribution is 2.37. The third-order valence-electron chi connectivity index (χ3n) is 3.56. The van der Waals surface area contributed by atoms with Crippen molar-refractivity contribution in [3.63, 3.8) is 0 Å². The van der Waals surface area contributed by atoms with Gasteiger partial charge in [0.2, 0.25) is 5.09 Å². The van der Waals surface area contributed by atoms with Gasteiger partial charge in [0.25, 0.3) is 10.0 Å². The average molecular weight is 301 g/mol. The van der Waals surface area contributed by atoms with Gasteiger partial charge in [-0.25, -0.2) is 8.42 Å². The number of carbonyl (C=O) groups is 1. The molecule has 0 aliphatic heterocycles. The summed E-state index contributed by atoms with van der Waals surface area (Å²) in [5.41, 5.74) is 0. The van der Waals surface area contributed by atoms with Crippen molar-refractivity contribution in [2.24, 2.45) is 5.92 Å². The van der Waals surface area contributed by atoms with E-state index in [1.54, 1.807) is 0 Å². The lowest BCUT2D eigenvalue weighted by molar-refractivity contribution is 0.109. The third-order valence-corrected chi connectivity index (χ3v) is 5.42. The fourth-order valence-corrected chi connectivity index (χ4v) is 3.79. The highest BCUT2D eigenvalue weighted by molar-refractivity contribution is 7.89. The first-order valence-corrected chi connectivity index (χ1v) is 8.00. The second-order valence-electron chi connectivity index (χ2n) is 4.96. The first kappa shape index (κ1) is 15.2. The van der Waals surface area contributed by atoms with Crippen LogP contribution in [0.15, 0.2) is 21.6 Å². The first-order valence-electron chi connectivity index (χ1n) is 6.56. The summed E-state index contributed by atoms with van der Waals surface area (Å²) in [4.78, 5) is 10.6. The van der Waals surface area contributed by atoms with Crippen molar-refractivity contribution in [1.82, 2.24) is 4.31 Å². The Morgan fingerprint density at radius 3 is 2.70 bits per heavy atom. The van der Waals surface area contributed by atoms with Gasteiger partial charge in [0, 0.05) is 19.7 Å². The van der Waals surface area contributed by atoms with Crippen LogP contribution in [0.3, 0.4) is 0 Å². The number of rotatable bonds is 8. The number of nitrogens with zero attached hydrogens (tertiary/aromatic N) is 1. The number of furan rings is 1. The van der Waals surface area contributed by atoms with Gasteiger partial charge < -0.3 is 9.15 Å². The quantitative estimate of drug-likeness (QED) is 0.680. The van der Waals surface area contributed by atoms with Crippen molar-refractivity contribution in [1.29, 1.82) is 0 Å². The lowest BCUT2D eigenvalue weighted by atomic mass is 10.2. The molecule has 1 fully saturated rings. The molecule has 1 aromatic rings. The first-order chi connectivity index (χ1) is 9.50. The van der Waals surface area contributed by atoms with E-state index in [2.05, 4.69) is 0 Å². The van der Waals surface area contributed by atoms with Crippen molar-refractivity contribution < 1.29 is 22.4 Å². The molecule has 0 saturated heterocycles. The summed E-state index contributed by atoms with van der Waals surface area (Å²) in [6, 6.07) is 2.58. The molecule has 1 heterocycles. The highest BCUT2D eigenvalue weighted by Gasteiger charge is 2.39. The molecule has 1 aromatic heterocycles. The van der Waals surface area contributed by atoms with Crippen LogP contribution in [0.2, 0.25) is 0 Å². The Labute approximate surface area is 118 Å². The van der Waals surface area contributed by atoms with Crippen LogP contribution in [-0.2, 0) is 14.8 Å². The fraction of sp³-hybridized carbons (Fsp3) is 0.615. The van der Waals surface area contributed by atoms with E-state index in [0.717, 1.165) is 12.8 Å². The number of ether oxygens (including phenoxy) is 1. The second kappa shape index (κ2) is 6.07. The largest absolute Gasteiger partial charge is 0.440 e. The minimum absolute atomic E-state index is 0.00865. The maximum atomic E-state index is 12.6. The summed E-state index contributed by atoms with van der Waals surface area (Å²) >= 11 is 0. The van der Waals surface area contributed by atoms with Crippen molar-refractivity contribution in [2.45, 2.75) is 30.9 Å². The minimum atomic E-state index is -3.74. The maximum Gasteiger partial charge on any atom is 0.276 e. The van der Waals surface area contributed by atoms with Gasteiger partial charge >= 0.3 is 0 Å². The summed E-state index contributed by atoms with van der Waals surface area (Å²) in [5, 5.41) is -0.191. The average Bonchev–Trinajstić information content (AvgIpc) is 3.15. The molecule has 0 amide bonds. The molecule has 1 aliphatic rings. The van der Waals surface area contributed by atoms with Gasteiger partial charge in [0.1, 0.15) is 0 Å². The van der Waals surface area contributed by atoms with E-state index in [4.69, 9.17) is 9.15 Å². The number of sulfonamides is 1.